The van der Waals surface area contributed by atoms with E-state index in [9.17, 15) is 0 Å². The molecule has 1 N–H and O–H groups in total. The van der Waals surface area contributed by atoms with Gasteiger partial charge in [-0.05, 0) is 55.4 Å². The van der Waals surface area contributed by atoms with E-state index in [0.29, 0.717) is 5.41 Å². The molecule has 2 nitrogen and oxygen atoms in total. The maximum absolute atomic E-state index is 5.53. The largest absolute Gasteiger partial charge is 0.349 e. The van der Waals surface area contributed by atoms with Crippen LogP contribution in [0.15, 0.2) is 30.3 Å². The topological polar surface area (TPSA) is 15.3 Å². The standard InChI is InChI=1S/C16H22N2S/c19-15(17-14-6-2-1-3-7-14)18-12-10-16(11-13-18)8-4-5-9-16/h1-3,6-7H,4-5,8-13H2,(H,17,19). The summed E-state index contributed by atoms with van der Waals surface area (Å²) >= 11 is 5.53. The fourth-order valence-corrected chi connectivity index (χ4v) is 3.83. The van der Waals surface area contributed by atoms with Crippen molar-refractivity contribution in [2.24, 2.45) is 5.41 Å². The van der Waals surface area contributed by atoms with E-state index < -0.39 is 0 Å². The van der Waals surface area contributed by atoms with Crippen LogP contribution in [0, 0.1) is 5.41 Å². The number of thiocarbonyl (C=S) groups is 1. The summed E-state index contributed by atoms with van der Waals surface area (Å²) in [6, 6.07) is 10.2. The fraction of sp³-hybridized carbons (Fsp3) is 0.562. The second-order valence-electron chi connectivity index (χ2n) is 5.99. The second kappa shape index (κ2) is 5.49. The Kier molecular flexibility index (Phi) is 3.74. The number of nitrogens with zero attached hydrogens (tertiary/aromatic N) is 1. The van der Waals surface area contributed by atoms with Gasteiger partial charge in [-0.3, -0.25) is 0 Å². The summed E-state index contributed by atoms with van der Waals surface area (Å²) in [5.74, 6) is 0. The van der Waals surface area contributed by atoms with Crippen molar-refractivity contribution in [3.8, 4) is 0 Å². The van der Waals surface area contributed by atoms with Crippen LogP contribution in [0.2, 0.25) is 0 Å². The highest BCUT2D eigenvalue weighted by Crippen LogP contribution is 2.46. The molecule has 1 spiro atoms. The van der Waals surface area contributed by atoms with Crippen molar-refractivity contribution in [2.45, 2.75) is 38.5 Å². The lowest BCUT2D eigenvalue weighted by Crippen LogP contribution is -2.44. The van der Waals surface area contributed by atoms with Gasteiger partial charge in [0.25, 0.3) is 0 Å². The molecule has 0 atom stereocenters. The summed E-state index contributed by atoms with van der Waals surface area (Å²) < 4.78 is 0. The van der Waals surface area contributed by atoms with E-state index in [1.54, 1.807) is 0 Å². The molecule has 0 radical (unpaired) electrons. The molecule has 1 aromatic carbocycles. The highest BCUT2D eigenvalue weighted by Gasteiger charge is 2.37. The van der Waals surface area contributed by atoms with Crippen molar-refractivity contribution >= 4 is 23.0 Å². The van der Waals surface area contributed by atoms with E-state index in [-0.39, 0.29) is 0 Å². The van der Waals surface area contributed by atoms with Crippen molar-refractivity contribution in [1.82, 2.24) is 4.90 Å². The smallest absolute Gasteiger partial charge is 0.173 e. The van der Waals surface area contributed by atoms with Crippen LogP contribution in [0.3, 0.4) is 0 Å². The first kappa shape index (κ1) is 12.9. The second-order valence-corrected chi connectivity index (χ2v) is 6.38. The number of nitrogens with one attached hydrogen (secondary N) is 1. The van der Waals surface area contributed by atoms with E-state index in [2.05, 4.69) is 22.3 Å². The molecule has 3 heteroatoms. The molecule has 0 unspecified atom stereocenters. The monoisotopic (exact) mass is 274 g/mol. The Morgan fingerprint density at radius 2 is 1.63 bits per heavy atom. The quantitative estimate of drug-likeness (QED) is 0.778. The van der Waals surface area contributed by atoms with E-state index in [1.807, 2.05) is 18.2 Å². The van der Waals surface area contributed by atoms with Crippen LogP contribution >= 0.6 is 12.2 Å². The third kappa shape index (κ3) is 2.92. The van der Waals surface area contributed by atoms with Crippen molar-refractivity contribution in [2.75, 3.05) is 18.4 Å². The van der Waals surface area contributed by atoms with Crippen LogP contribution in [-0.2, 0) is 0 Å². The molecular formula is C16H22N2S. The van der Waals surface area contributed by atoms with Gasteiger partial charge in [0.15, 0.2) is 5.11 Å². The summed E-state index contributed by atoms with van der Waals surface area (Å²) in [6.45, 7) is 2.25. The maximum atomic E-state index is 5.53. The van der Waals surface area contributed by atoms with Gasteiger partial charge >= 0.3 is 0 Å². The van der Waals surface area contributed by atoms with Crippen molar-refractivity contribution in [3.63, 3.8) is 0 Å². The van der Waals surface area contributed by atoms with E-state index in [0.717, 1.165) is 23.9 Å². The molecule has 1 heterocycles. The fourth-order valence-electron chi connectivity index (χ4n) is 3.53. The molecule has 1 aromatic rings. The van der Waals surface area contributed by atoms with Crippen LogP contribution in [0.4, 0.5) is 5.69 Å². The van der Waals surface area contributed by atoms with Crippen LogP contribution in [-0.4, -0.2) is 23.1 Å². The minimum absolute atomic E-state index is 0.666. The summed E-state index contributed by atoms with van der Waals surface area (Å²) in [5.41, 5.74) is 1.76. The number of hydrogen-bond acceptors (Lipinski definition) is 1. The molecule has 0 aromatic heterocycles. The average Bonchev–Trinajstić information content (AvgIpc) is 2.89. The third-order valence-corrected chi connectivity index (χ3v) is 5.16. The third-order valence-electron chi connectivity index (χ3n) is 4.80. The Hall–Kier alpha value is -1.09. The normalized spacial score (nSPS) is 21.6. The number of likely N-dealkylation sites (tertiary alicyclic amines) is 1. The predicted molar refractivity (Wildman–Crippen MR) is 84.4 cm³/mol. The summed E-state index contributed by atoms with van der Waals surface area (Å²) in [7, 11) is 0. The lowest BCUT2D eigenvalue weighted by atomic mass is 9.77. The van der Waals surface area contributed by atoms with Gasteiger partial charge in [0.05, 0.1) is 0 Å². The molecule has 2 fully saturated rings. The van der Waals surface area contributed by atoms with Gasteiger partial charge < -0.3 is 10.2 Å². The highest BCUT2D eigenvalue weighted by molar-refractivity contribution is 7.80. The molecule has 1 saturated heterocycles. The lowest BCUT2D eigenvalue weighted by molar-refractivity contribution is 0.155. The van der Waals surface area contributed by atoms with Crippen LogP contribution in [0.5, 0.6) is 0 Å². The molecule has 3 rings (SSSR count). The molecule has 1 aliphatic carbocycles. The zero-order valence-electron chi connectivity index (χ0n) is 11.4. The van der Waals surface area contributed by atoms with Gasteiger partial charge in [0.2, 0.25) is 0 Å². The Balaban J connectivity index is 1.55. The zero-order chi connectivity index (χ0) is 13.1. The van der Waals surface area contributed by atoms with E-state index >= 15 is 0 Å². The van der Waals surface area contributed by atoms with Gasteiger partial charge in [-0.15, -0.1) is 0 Å². The highest BCUT2D eigenvalue weighted by atomic mass is 32.1. The lowest BCUT2D eigenvalue weighted by Gasteiger charge is -2.40. The van der Waals surface area contributed by atoms with Gasteiger partial charge in [-0.2, -0.15) is 0 Å². The molecule has 1 aliphatic heterocycles. The number of hydrogen-bond donors (Lipinski definition) is 1. The van der Waals surface area contributed by atoms with Gasteiger partial charge in [-0.25, -0.2) is 0 Å². The van der Waals surface area contributed by atoms with Gasteiger partial charge in [0, 0.05) is 18.8 Å². The first-order valence-corrected chi connectivity index (χ1v) is 7.79. The summed E-state index contributed by atoms with van der Waals surface area (Å²) in [6.07, 6.45) is 8.41. The van der Waals surface area contributed by atoms with E-state index in [4.69, 9.17) is 12.2 Å². The molecular weight excluding hydrogens is 252 g/mol. The Morgan fingerprint density at radius 1 is 1.00 bits per heavy atom. The maximum Gasteiger partial charge on any atom is 0.173 e. The molecule has 0 bridgehead atoms. The first-order valence-electron chi connectivity index (χ1n) is 7.39. The van der Waals surface area contributed by atoms with Gasteiger partial charge in [-0.1, -0.05) is 31.0 Å². The van der Waals surface area contributed by atoms with Crippen LogP contribution in [0.1, 0.15) is 38.5 Å². The molecule has 2 aliphatic rings. The van der Waals surface area contributed by atoms with Crippen molar-refractivity contribution < 1.29 is 0 Å². The number of para-hydroxylation sites is 1. The molecule has 1 saturated carbocycles. The Labute approximate surface area is 121 Å². The van der Waals surface area contributed by atoms with Crippen molar-refractivity contribution in [3.05, 3.63) is 30.3 Å². The van der Waals surface area contributed by atoms with E-state index in [1.165, 1.54) is 38.5 Å². The Bertz CT molecular complexity index is 427. The minimum atomic E-state index is 0.666. The van der Waals surface area contributed by atoms with Gasteiger partial charge in [0.1, 0.15) is 0 Å². The predicted octanol–water partition coefficient (Wildman–Crippen LogP) is 4.04. The number of benzene rings is 1. The van der Waals surface area contributed by atoms with Crippen LogP contribution < -0.4 is 5.32 Å². The molecule has 102 valence electrons. The summed E-state index contributed by atoms with van der Waals surface area (Å²) in [4.78, 5) is 2.34. The molecule has 0 amide bonds. The van der Waals surface area contributed by atoms with Crippen molar-refractivity contribution in [1.29, 1.82) is 0 Å². The zero-order valence-corrected chi connectivity index (χ0v) is 12.2. The summed E-state index contributed by atoms with van der Waals surface area (Å²) in [5, 5.41) is 4.24. The first-order chi connectivity index (χ1) is 9.27. The average molecular weight is 274 g/mol. The molecule has 19 heavy (non-hydrogen) atoms. The Morgan fingerprint density at radius 3 is 2.26 bits per heavy atom. The minimum Gasteiger partial charge on any atom is -0.349 e. The number of anilines is 1. The number of piperidine rings is 1. The van der Waals surface area contributed by atoms with Crippen LogP contribution in [0.25, 0.3) is 0 Å². The SMILES string of the molecule is S=C(Nc1ccccc1)N1CCC2(CCCC2)CC1. The number of rotatable bonds is 1.